The van der Waals surface area contributed by atoms with Crippen molar-refractivity contribution in [3.8, 4) is 0 Å². The van der Waals surface area contributed by atoms with Gasteiger partial charge in [0, 0.05) is 31.7 Å². The van der Waals surface area contributed by atoms with Gasteiger partial charge in [-0.15, -0.1) is 0 Å². The van der Waals surface area contributed by atoms with Crippen molar-refractivity contribution in [2.45, 2.75) is 20.4 Å². The Morgan fingerprint density at radius 2 is 2.09 bits per heavy atom. The van der Waals surface area contributed by atoms with Crippen molar-refractivity contribution in [3.63, 3.8) is 0 Å². The average molecular weight is 293 g/mol. The minimum Gasteiger partial charge on any atom is -0.339 e. The molecule has 3 heterocycles. The molecule has 0 aromatic carbocycles. The summed E-state index contributed by atoms with van der Waals surface area (Å²) in [5.41, 5.74) is 4.86. The van der Waals surface area contributed by atoms with Crippen molar-refractivity contribution in [1.29, 1.82) is 5.41 Å². The maximum atomic E-state index is 8.15. The van der Waals surface area contributed by atoms with Gasteiger partial charge in [0.15, 0.2) is 0 Å². The van der Waals surface area contributed by atoms with Crippen LogP contribution in [0.1, 0.15) is 18.2 Å². The molecule has 3 aromatic rings. The van der Waals surface area contributed by atoms with Crippen LogP contribution in [0.3, 0.4) is 0 Å². The van der Waals surface area contributed by atoms with Gasteiger partial charge in [-0.05, 0) is 43.7 Å². The fraction of sp³-hybridized carbons (Fsp3) is 0.235. The number of nitrogens with one attached hydrogen (secondary N) is 1. The number of pyridine rings is 2. The molecule has 0 aliphatic heterocycles. The van der Waals surface area contributed by atoms with Gasteiger partial charge in [-0.1, -0.05) is 6.07 Å². The Bertz CT molecular complexity index is 900. The van der Waals surface area contributed by atoms with Crippen molar-refractivity contribution < 1.29 is 0 Å². The van der Waals surface area contributed by atoms with E-state index < -0.39 is 0 Å². The summed E-state index contributed by atoms with van der Waals surface area (Å²) in [7, 11) is 1.75. The summed E-state index contributed by atoms with van der Waals surface area (Å²) in [6.45, 7) is 4.77. The van der Waals surface area contributed by atoms with Crippen LogP contribution < -0.4 is 5.49 Å². The van der Waals surface area contributed by atoms with E-state index in [9.17, 15) is 0 Å². The second-order valence-corrected chi connectivity index (χ2v) is 5.33. The summed E-state index contributed by atoms with van der Waals surface area (Å²) in [5.74, 6) is 0.814. The molecule has 1 N–H and O–H groups in total. The van der Waals surface area contributed by atoms with E-state index in [4.69, 9.17) is 5.41 Å². The lowest BCUT2D eigenvalue weighted by Crippen LogP contribution is -2.24. The van der Waals surface area contributed by atoms with Gasteiger partial charge in [0.25, 0.3) is 0 Å². The fourth-order valence-electron chi connectivity index (χ4n) is 2.73. The van der Waals surface area contributed by atoms with Gasteiger partial charge >= 0.3 is 0 Å². The zero-order valence-corrected chi connectivity index (χ0v) is 13.0. The van der Waals surface area contributed by atoms with Crippen molar-refractivity contribution in [2.75, 3.05) is 7.05 Å². The van der Waals surface area contributed by atoms with Crippen molar-refractivity contribution in [3.05, 3.63) is 59.5 Å². The Morgan fingerprint density at radius 1 is 1.27 bits per heavy atom. The van der Waals surface area contributed by atoms with Crippen LogP contribution in [0.5, 0.6) is 0 Å². The van der Waals surface area contributed by atoms with E-state index >= 15 is 0 Å². The van der Waals surface area contributed by atoms with Crippen LogP contribution in [0.4, 0.5) is 0 Å². The number of hydrogen-bond donors (Lipinski definition) is 1. The van der Waals surface area contributed by atoms with Gasteiger partial charge < -0.3 is 4.57 Å². The average Bonchev–Trinajstić information content (AvgIpc) is 2.83. The molecule has 0 saturated heterocycles. The third-order valence-electron chi connectivity index (χ3n) is 3.92. The highest BCUT2D eigenvalue weighted by Crippen LogP contribution is 2.19. The number of rotatable bonds is 2. The van der Waals surface area contributed by atoms with Crippen LogP contribution in [-0.2, 0) is 6.54 Å². The van der Waals surface area contributed by atoms with Crippen LogP contribution in [0.2, 0.25) is 0 Å². The number of aliphatic imine (C=N–C) groups is 1. The molecular weight excluding hydrogens is 274 g/mol. The molecule has 0 atom stereocenters. The molecule has 0 unspecified atom stereocenters. The smallest absolute Gasteiger partial charge is 0.130 e. The Morgan fingerprint density at radius 3 is 2.77 bits per heavy atom. The zero-order chi connectivity index (χ0) is 15.7. The standard InChI is InChI=1S/C17H19N5/c1-12-9-16-15(6-7-17(18)22(16)13(2)19-3)21(12)11-14-5-4-8-20-10-14/h4-10,18H,11H2,1-3H3. The van der Waals surface area contributed by atoms with Crippen LogP contribution in [0.25, 0.3) is 11.0 Å². The minimum absolute atomic E-state index is 0.439. The molecule has 5 heteroatoms. The second kappa shape index (κ2) is 5.60. The quantitative estimate of drug-likeness (QED) is 0.573. The molecule has 0 fully saturated rings. The van der Waals surface area contributed by atoms with E-state index in [1.807, 2.05) is 35.9 Å². The predicted molar refractivity (Wildman–Crippen MR) is 88.3 cm³/mol. The normalized spacial score (nSPS) is 12.0. The van der Waals surface area contributed by atoms with E-state index in [0.717, 1.165) is 34.7 Å². The van der Waals surface area contributed by atoms with E-state index in [1.54, 1.807) is 13.2 Å². The van der Waals surface area contributed by atoms with Gasteiger partial charge in [0.2, 0.25) is 0 Å². The van der Waals surface area contributed by atoms with Crippen molar-refractivity contribution in [2.24, 2.45) is 4.99 Å². The Hall–Kier alpha value is -2.69. The monoisotopic (exact) mass is 293 g/mol. The highest BCUT2D eigenvalue weighted by atomic mass is 15.1. The summed E-state index contributed by atoms with van der Waals surface area (Å²) in [4.78, 5) is 8.41. The van der Waals surface area contributed by atoms with Crippen molar-refractivity contribution in [1.82, 2.24) is 14.1 Å². The second-order valence-electron chi connectivity index (χ2n) is 5.33. The largest absolute Gasteiger partial charge is 0.339 e. The molecule has 0 radical (unpaired) electrons. The first-order valence-electron chi connectivity index (χ1n) is 7.21. The van der Waals surface area contributed by atoms with Gasteiger partial charge in [-0.25, -0.2) is 0 Å². The number of aryl methyl sites for hydroxylation is 1. The molecule has 0 saturated carbocycles. The molecule has 112 valence electrons. The molecule has 0 aliphatic carbocycles. The third kappa shape index (κ3) is 2.35. The lowest BCUT2D eigenvalue weighted by atomic mass is 10.3. The molecule has 22 heavy (non-hydrogen) atoms. The fourth-order valence-corrected chi connectivity index (χ4v) is 2.73. The minimum atomic E-state index is 0.439. The van der Waals surface area contributed by atoms with Crippen LogP contribution in [-0.4, -0.2) is 27.0 Å². The highest BCUT2D eigenvalue weighted by Gasteiger charge is 2.11. The van der Waals surface area contributed by atoms with Crippen LogP contribution in [0, 0.1) is 12.3 Å². The summed E-state index contributed by atoms with van der Waals surface area (Å²) < 4.78 is 4.12. The highest BCUT2D eigenvalue weighted by molar-refractivity contribution is 5.92. The third-order valence-corrected chi connectivity index (χ3v) is 3.92. The van der Waals surface area contributed by atoms with Gasteiger partial charge in [-0.2, -0.15) is 0 Å². The topological polar surface area (TPSA) is 59.0 Å². The maximum absolute atomic E-state index is 8.15. The first-order chi connectivity index (χ1) is 10.6. The predicted octanol–water partition coefficient (Wildman–Crippen LogP) is 2.57. The first-order valence-corrected chi connectivity index (χ1v) is 7.21. The maximum Gasteiger partial charge on any atom is 0.130 e. The molecular formula is C17H19N5. The molecule has 3 rings (SSSR count). The zero-order valence-electron chi connectivity index (χ0n) is 13.0. The van der Waals surface area contributed by atoms with E-state index in [2.05, 4.69) is 33.6 Å². The molecule has 0 aliphatic rings. The van der Waals surface area contributed by atoms with E-state index in [1.165, 1.54) is 0 Å². The Labute approximate surface area is 129 Å². The van der Waals surface area contributed by atoms with E-state index in [-0.39, 0.29) is 0 Å². The number of aromatic nitrogens is 3. The lowest BCUT2D eigenvalue weighted by molar-refractivity contribution is 0.800. The van der Waals surface area contributed by atoms with Crippen molar-refractivity contribution >= 4 is 16.9 Å². The van der Waals surface area contributed by atoms with Gasteiger partial charge in [0.1, 0.15) is 11.3 Å². The van der Waals surface area contributed by atoms with E-state index in [0.29, 0.717) is 5.49 Å². The Balaban J connectivity index is 2.21. The molecule has 3 aromatic heterocycles. The molecule has 5 nitrogen and oxygen atoms in total. The summed E-state index contributed by atoms with van der Waals surface area (Å²) in [5, 5.41) is 8.15. The van der Waals surface area contributed by atoms with Gasteiger partial charge in [0.05, 0.1) is 11.0 Å². The van der Waals surface area contributed by atoms with Crippen LogP contribution >= 0.6 is 0 Å². The number of nitrogens with zero attached hydrogens (tertiary/aromatic N) is 4. The number of fused-ring (bicyclic) bond motifs is 1. The SMILES string of the molecule is CN=C(C)n1c(=N)ccc2c1cc(C)n2Cc1cccnc1. The molecule has 0 amide bonds. The first kappa shape index (κ1) is 14.3. The molecule has 0 bridgehead atoms. The van der Waals surface area contributed by atoms with Gasteiger partial charge in [-0.3, -0.25) is 20.0 Å². The number of hydrogen-bond acceptors (Lipinski definition) is 3. The van der Waals surface area contributed by atoms with Crippen LogP contribution in [0.15, 0.2) is 47.7 Å². The summed E-state index contributed by atoms with van der Waals surface area (Å²) in [6, 6.07) is 9.95. The summed E-state index contributed by atoms with van der Waals surface area (Å²) >= 11 is 0. The Kier molecular flexibility index (Phi) is 3.63. The molecule has 0 spiro atoms. The summed E-state index contributed by atoms with van der Waals surface area (Å²) in [6.07, 6.45) is 3.67. The lowest BCUT2D eigenvalue weighted by Gasteiger charge is -2.10.